The Labute approximate surface area is 193 Å². The number of benzene rings is 2. The van der Waals surface area contributed by atoms with Crippen molar-refractivity contribution in [3.05, 3.63) is 59.7 Å². The van der Waals surface area contributed by atoms with Crippen LogP contribution in [0.2, 0.25) is 0 Å². The smallest absolute Gasteiger partial charge is 0.410 e. The summed E-state index contributed by atoms with van der Waals surface area (Å²) in [6, 6.07) is 15.1. The molecule has 2 aromatic carbocycles. The summed E-state index contributed by atoms with van der Waals surface area (Å²) in [4.78, 5) is 40.7. The van der Waals surface area contributed by atoms with Crippen molar-refractivity contribution in [3.63, 3.8) is 0 Å². The maximum Gasteiger partial charge on any atom is 0.410 e. The number of rotatable bonds is 7. The standard InChI is InChI=1S/C26H30N2O5/c1-2-28(23(16-24(29)30)25(31)27-14-8-3-9-15-27)26(32)33-17-22-20-12-6-4-10-18(20)19-11-5-7-13-21(19)22/h4-7,10-13,22-23H,2-3,8-9,14-17H2,1H3,(H,29,30). The third kappa shape index (κ3) is 4.72. The molecule has 4 rings (SSSR count). The summed E-state index contributed by atoms with van der Waals surface area (Å²) >= 11 is 0. The van der Waals surface area contributed by atoms with E-state index in [0.717, 1.165) is 41.5 Å². The summed E-state index contributed by atoms with van der Waals surface area (Å²) in [5, 5.41) is 9.43. The van der Waals surface area contributed by atoms with E-state index in [1.165, 1.54) is 4.90 Å². The highest BCUT2D eigenvalue weighted by Gasteiger charge is 2.36. The number of likely N-dealkylation sites (N-methyl/N-ethyl adjacent to an activating group) is 1. The molecular formula is C26H30N2O5. The van der Waals surface area contributed by atoms with E-state index in [1.54, 1.807) is 11.8 Å². The lowest BCUT2D eigenvalue weighted by Crippen LogP contribution is -2.53. The summed E-state index contributed by atoms with van der Waals surface area (Å²) in [5.41, 5.74) is 4.46. The second-order valence-corrected chi connectivity index (χ2v) is 8.59. The predicted octanol–water partition coefficient (Wildman–Crippen LogP) is 4.11. The first-order valence-electron chi connectivity index (χ1n) is 11.6. The van der Waals surface area contributed by atoms with Gasteiger partial charge in [0.05, 0.1) is 6.42 Å². The van der Waals surface area contributed by atoms with Crippen LogP contribution >= 0.6 is 0 Å². The number of piperidine rings is 1. The van der Waals surface area contributed by atoms with Crippen molar-refractivity contribution in [1.29, 1.82) is 0 Å². The summed E-state index contributed by atoms with van der Waals surface area (Å²) in [6.45, 7) is 3.24. The molecule has 0 bridgehead atoms. The number of nitrogens with zero attached hydrogens (tertiary/aromatic N) is 2. The molecule has 0 spiro atoms. The molecule has 0 saturated carbocycles. The van der Waals surface area contributed by atoms with Gasteiger partial charge in [0, 0.05) is 25.6 Å². The highest BCUT2D eigenvalue weighted by molar-refractivity contribution is 5.89. The number of hydrogen-bond donors (Lipinski definition) is 1. The number of carboxylic acids is 1. The van der Waals surface area contributed by atoms with Gasteiger partial charge >= 0.3 is 12.1 Å². The number of amides is 2. The first-order valence-corrected chi connectivity index (χ1v) is 11.6. The minimum atomic E-state index is -1.12. The molecule has 0 aromatic heterocycles. The average molecular weight is 451 g/mol. The van der Waals surface area contributed by atoms with Crippen LogP contribution in [-0.4, -0.2) is 65.2 Å². The molecule has 1 heterocycles. The van der Waals surface area contributed by atoms with Gasteiger partial charge in [0.15, 0.2) is 0 Å². The zero-order chi connectivity index (χ0) is 23.4. The van der Waals surface area contributed by atoms with Crippen LogP contribution < -0.4 is 0 Å². The van der Waals surface area contributed by atoms with Crippen LogP contribution in [0.1, 0.15) is 49.7 Å². The molecule has 7 heteroatoms. The van der Waals surface area contributed by atoms with Crippen molar-refractivity contribution in [2.24, 2.45) is 0 Å². The molecule has 7 nitrogen and oxygen atoms in total. The Balaban J connectivity index is 1.51. The summed E-state index contributed by atoms with van der Waals surface area (Å²) in [5.74, 6) is -1.53. The molecule has 2 amide bonds. The first-order chi connectivity index (χ1) is 16.0. The van der Waals surface area contributed by atoms with E-state index in [-0.39, 0.29) is 25.0 Å². The monoisotopic (exact) mass is 450 g/mol. The van der Waals surface area contributed by atoms with E-state index < -0.39 is 24.5 Å². The lowest BCUT2D eigenvalue weighted by molar-refractivity contribution is -0.145. The van der Waals surface area contributed by atoms with Gasteiger partial charge in [-0.1, -0.05) is 48.5 Å². The molecule has 1 unspecified atom stereocenters. The maximum absolute atomic E-state index is 13.1. The first kappa shape index (κ1) is 22.8. The van der Waals surface area contributed by atoms with Gasteiger partial charge in [0.1, 0.15) is 12.6 Å². The van der Waals surface area contributed by atoms with Crippen LogP contribution in [0.5, 0.6) is 0 Å². The Morgan fingerprint density at radius 2 is 1.58 bits per heavy atom. The number of aliphatic carboxylic acids is 1. The molecule has 1 aliphatic heterocycles. The normalized spacial score (nSPS) is 16.0. The van der Waals surface area contributed by atoms with Crippen LogP contribution in [0, 0.1) is 0 Å². The van der Waals surface area contributed by atoms with Crippen LogP contribution in [0.15, 0.2) is 48.5 Å². The predicted molar refractivity (Wildman–Crippen MR) is 124 cm³/mol. The minimum absolute atomic E-state index is 0.101. The van der Waals surface area contributed by atoms with Crippen molar-refractivity contribution in [1.82, 2.24) is 9.80 Å². The van der Waals surface area contributed by atoms with Crippen molar-refractivity contribution in [2.45, 2.75) is 44.6 Å². The van der Waals surface area contributed by atoms with E-state index in [1.807, 2.05) is 36.4 Å². The van der Waals surface area contributed by atoms with Crippen LogP contribution in [-0.2, 0) is 14.3 Å². The number of hydrogen-bond acceptors (Lipinski definition) is 4. The van der Waals surface area contributed by atoms with Gasteiger partial charge in [0.2, 0.25) is 5.91 Å². The van der Waals surface area contributed by atoms with E-state index in [2.05, 4.69) is 12.1 Å². The minimum Gasteiger partial charge on any atom is -0.481 e. The fourth-order valence-corrected chi connectivity index (χ4v) is 4.97. The summed E-state index contributed by atoms with van der Waals surface area (Å²) < 4.78 is 5.72. The SMILES string of the molecule is CCN(C(=O)OCC1c2ccccc2-c2ccccc21)C(CC(=O)O)C(=O)N1CCCCC1. The molecular weight excluding hydrogens is 420 g/mol. The molecule has 0 radical (unpaired) electrons. The molecule has 1 fully saturated rings. The largest absolute Gasteiger partial charge is 0.481 e. The molecule has 2 aliphatic rings. The highest BCUT2D eigenvalue weighted by atomic mass is 16.6. The van der Waals surface area contributed by atoms with Crippen molar-refractivity contribution in [2.75, 3.05) is 26.2 Å². The zero-order valence-corrected chi connectivity index (χ0v) is 18.9. The third-order valence-electron chi connectivity index (χ3n) is 6.61. The third-order valence-corrected chi connectivity index (χ3v) is 6.61. The second kappa shape index (κ2) is 10.1. The number of likely N-dealkylation sites (tertiary alicyclic amines) is 1. The number of carbonyl (C=O) groups excluding carboxylic acids is 2. The fourth-order valence-electron chi connectivity index (χ4n) is 4.97. The van der Waals surface area contributed by atoms with Crippen molar-refractivity contribution < 1.29 is 24.2 Å². The topological polar surface area (TPSA) is 87.1 Å². The fraction of sp³-hybridized carbons (Fsp3) is 0.423. The summed E-state index contributed by atoms with van der Waals surface area (Å²) in [6.07, 6.45) is 1.74. The lowest BCUT2D eigenvalue weighted by Gasteiger charge is -2.34. The Hall–Kier alpha value is -3.35. The molecule has 33 heavy (non-hydrogen) atoms. The van der Waals surface area contributed by atoms with E-state index >= 15 is 0 Å². The number of fused-ring (bicyclic) bond motifs is 3. The van der Waals surface area contributed by atoms with Crippen LogP contribution in [0.3, 0.4) is 0 Å². The van der Waals surface area contributed by atoms with Gasteiger partial charge in [-0.25, -0.2) is 4.79 Å². The molecule has 2 aromatic rings. The van der Waals surface area contributed by atoms with Crippen LogP contribution in [0.25, 0.3) is 11.1 Å². The highest BCUT2D eigenvalue weighted by Crippen LogP contribution is 2.44. The maximum atomic E-state index is 13.1. The second-order valence-electron chi connectivity index (χ2n) is 8.59. The Morgan fingerprint density at radius 3 is 2.12 bits per heavy atom. The zero-order valence-electron chi connectivity index (χ0n) is 18.9. The Kier molecular flexibility index (Phi) is 6.96. The molecule has 1 aliphatic carbocycles. The number of ether oxygens (including phenoxy) is 1. The van der Waals surface area contributed by atoms with Crippen molar-refractivity contribution in [3.8, 4) is 11.1 Å². The van der Waals surface area contributed by atoms with Gasteiger partial charge < -0.3 is 14.7 Å². The lowest BCUT2D eigenvalue weighted by atomic mass is 9.98. The molecule has 174 valence electrons. The van der Waals surface area contributed by atoms with Gasteiger partial charge in [-0.3, -0.25) is 14.5 Å². The Morgan fingerprint density at radius 1 is 1.00 bits per heavy atom. The quantitative estimate of drug-likeness (QED) is 0.686. The number of carbonyl (C=O) groups is 3. The van der Waals surface area contributed by atoms with E-state index in [4.69, 9.17) is 4.74 Å². The van der Waals surface area contributed by atoms with Gasteiger partial charge in [-0.2, -0.15) is 0 Å². The Bertz CT molecular complexity index is 985. The van der Waals surface area contributed by atoms with Gasteiger partial charge in [0.25, 0.3) is 0 Å². The van der Waals surface area contributed by atoms with E-state index in [9.17, 15) is 19.5 Å². The molecule has 1 atom stereocenters. The summed E-state index contributed by atoms with van der Waals surface area (Å²) in [7, 11) is 0. The van der Waals surface area contributed by atoms with Gasteiger partial charge in [-0.15, -0.1) is 0 Å². The van der Waals surface area contributed by atoms with Crippen LogP contribution in [0.4, 0.5) is 4.79 Å². The number of carboxylic acid groups (broad SMARTS) is 1. The molecule has 1 N–H and O–H groups in total. The molecule has 1 saturated heterocycles. The van der Waals surface area contributed by atoms with E-state index in [0.29, 0.717) is 13.1 Å². The van der Waals surface area contributed by atoms with Crippen molar-refractivity contribution >= 4 is 18.0 Å². The van der Waals surface area contributed by atoms with Gasteiger partial charge in [-0.05, 0) is 48.4 Å². The average Bonchev–Trinajstić information content (AvgIpc) is 3.16.